The molecule has 0 saturated heterocycles. The molecule has 7 nitrogen and oxygen atoms in total. The molecule has 0 bridgehead atoms. The number of thiazole rings is 1. The van der Waals surface area contributed by atoms with E-state index in [0.29, 0.717) is 17.4 Å². The number of nitrogens with zero attached hydrogens (tertiary/aromatic N) is 4. The van der Waals surface area contributed by atoms with Crippen LogP contribution >= 0.6 is 11.3 Å². The first-order valence-electron chi connectivity index (χ1n) is 8.89. The van der Waals surface area contributed by atoms with Crippen LogP contribution in [0.2, 0.25) is 0 Å². The molecule has 1 N–H and O–H groups in total. The summed E-state index contributed by atoms with van der Waals surface area (Å²) < 4.78 is 8.03. The van der Waals surface area contributed by atoms with Crippen molar-refractivity contribution in [3.8, 4) is 10.9 Å². The summed E-state index contributed by atoms with van der Waals surface area (Å²) >= 11 is 1.51. The lowest BCUT2D eigenvalue weighted by molar-refractivity contribution is -0.116. The van der Waals surface area contributed by atoms with E-state index in [9.17, 15) is 4.79 Å². The van der Waals surface area contributed by atoms with E-state index in [0.717, 1.165) is 32.9 Å². The van der Waals surface area contributed by atoms with Gasteiger partial charge < -0.3 is 10.1 Å². The van der Waals surface area contributed by atoms with Crippen molar-refractivity contribution >= 4 is 33.3 Å². The van der Waals surface area contributed by atoms with Gasteiger partial charge in [-0.05, 0) is 37.3 Å². The van der Waals surface area contributed by atoms with Crippen LogP contribution in [0.3, 0.4) is 0 Å². The molecule has 0 fully saturated rings. The molecule has 5 rings (SSSR count). The number of benzene rings is 1. The van der Waals surface area contributed by atoms with E-state index in [1.807, 2.05) is 43.3 Å². The molecule has 1 aliphatic heterocycles. The van der Waals surface area contributed by atoms with E-state index in [2.05, 4.69) is 10.3 Å². The van der Waals surface area contributed by atoms with Gasteiger partial charge >= 0.3 is 0 Å². The molecule has 1 amide bonds. The maximum atomic E-state index is 12.4. The van der Waals surface area contributed by atoms with Gasteiger partial charge in [0.05, 0.1) is 23.0 Å². The number of pyridine rings is 1. The molecule has 1 aliphatic rings. The van der Waals surface area contributed by atoms with Crippen molar-refractivity contribution in [1.82, 2.24) is 19.7 Å². The van der Waals surface area contributed by atoms with Crippen molar-refractivity contribution in [2.75, 3.05) is 12.4 Å². The molecule has 3 aromatic heterocycles. The molecule has 0 spiro atoms. The Balaban J connectivity index is 1.66. The Bertz CT molecular complexity index is 1200. The van der Waals surface area contributed by atoms with Gasteiger partial charge in [-0.1, -0.05) is 17.4 Å². The van der Waals surface area contributed by atoms with Gasteiger partial charge in [0.2, 0.25) is 11.0 Å². The highest BCUT2D eigenvalue weighted by molar-refractivity contribution is 7.20. The molecule has 28 heavy (non-hydrogen) atoms. The molecule has 4 aromatic rings. The topological polar surface area (TPSA) is 81.9 Å². The normalized spacial score (nSPS) is 16.1. The van der Waals surface area contributed by atoms with Crippen LogP contribution in [0.5, 0.6) is 5.75 Å². The molecule has 140 valence electrons. The van der Waals surface area contributed by atoms with E-state index in [-0.39, 0.29) is 11.8 Å². The van der Waals surface area contributed by atoms with Gasteiger partial charge in [0.1, 0.15) is 11.6 Å². The number of nitrogens with one attached hydrogen (secondary N) is 1. The number of anilines is 1. The van der Waals surface area contributed by atoms with E-state index < -0.39 is 0 Å². The number of aryl methyl sites for hydroxylation is 1. The van der Waals surface area contributed by atoms with Crippen LogP contribution in [0.25, 0.3) is 15.3 Å². The third-order valence-electron chi connectivity index (χ3n) is 4.91. The monoisotopic (exact) mass is 391 g/mol. The average molecular weight is 391 g/mol. The van der Waals surface area contributed by atoms with Crippen LogP contribution in [0.1, 0.15) is 29.3 Å². The predicted molar refractivity (Wildman–Crippen MR) is 107 cm³/mol. The summed E-state index contributed by atoms with van der Waals surface area (Å²) in [6.07, 6.45) is 2.11. The lowest BCUT2D eigenvalue weighted by atomic mass is 9.89. The third-order valence-corrected chi connectivity index (χ3v) is 5.91. The van der Waals surface area contributed by atoms with Crippen molar-refractivity contribution in [3.63, 3.8) is 0 Å². The quantitative estimate of drug-likeness (QED) is 0.576. The second kappa shape index (κ2) is 6.42. The second-order valence-corrected chi connectivity index (χ2v) is 7.66. The van der Waals surface area contributed by atoms with Gasteiger partial charge in [0.25, 0.3) is 0 Å². The fourth-order valence-electron chi connectivity index (χ4n) is 3.63. The number of carbonyl (C=O) groups excluding carboxylic acids is 1. The third kappa shape index (κ3) is 2.65. The zero-order valence-electron chi connectivity index (χ0n) is 15.3. The SMILES string of the molecule is COc1ccc2nc(-n3nc(C)c4c3NC(=O)CC4c3ccccn3)sc2c1. The summed E-state index contributed by atoms with van der Waals surface area (Å²) in [5.74, 6) is 1.29. The van der Waals surface area contributed by atoms with Crippen LogP contribution in [0, 0.1) is 6.92 Å². The molecule has 0 radical (unpaired) electrons. The number of rotatable bonds is 3. The Labute approximate surface area is 165 Å². The molecule has 0 saturated carbocycles. The lowest BCUT2D eigenvalue weighted by Gasteiger charge is -2.23. The van der Waals surface area contributed by atoms with Crippen molar-refractivity contribution in [2.24, 2.45) is 0 Å². The summed E-state index contributed by atoms with van der Waals surface area (Å²) in [5.41, 5.74) is 3.60. The molecular formula is C20H17N5O2S. The number of methoxy groups -OCH3 is 1. The zero-order chi connectivity index (χ0) is 19.3. The Morgan fingerprint density at radius 3 is 2.96 bits per heavy atom. The minimum Gasteiger partial charge on any atom is -0.497 e. The summed E-state index contributed by atoms with van der Waals surface area (Å²) in [7, 11) is 1.64. The maximum Gasteiger partial charge on any atom is 0.226 e. The number of hydrogen-bond acceptors (Lipinski definition) is 6. The Kier molecular flexibility index (Phi) is 3.87. The van der Waals surface area contributed by atoms with E-state index in [1.54, 1.807) is 18.0 Å². The largest absolute Gasteiger partial charge is 0.497 e. The highest BCUT2D eigenvalue weighted by Crippen LogP contribution is 2.40. The van der Waals surface area contributed by atoms with Crippen molar-refractivity contribution in [3.05, 3.63) is 59.5 Å². The summed E-state index contributed by atoms with van der Waals surface area (Å²) in [5, 5.41) is 8.39. The van der Waals surface area contributed by atoms with Gasteiger partial charge in [0, 0.05) is 29.8 Å². The minimum absolute atomic E-state index is 0.0490. The Morgan fingerprint density at radius 1 is 1.29 bits per heavy atom. The number of carbonyl (C=O) groups is 1. The zero-order valence-corrected chi connectivity index (χ0v) is 16.2. The first-order valence-corrected chi connectivity index (χ1v) is 9.71. The Hall–Kier alpha value is -3.26. The van der Waals surface area contributed by atoms with Crippen LogP contribution < -0.4 is 10.1 Å². The van der Waals surface area contributed by atoms with Gasteiger partial charge in [-0.3, -0.25) is 9.78 Å². The first kappa shape index (κ1) is 16.9. The fraction of sp³-hybridized carbons (Fsp3) is 0.200. The van der Waals surface area contributed by atoms with Crippen molar-refractivity contribution in [2.45, 2.75) is 19.3 Å². The molecule has 4 heterocycles. The molecular weight excluding hydrogens is 374 g/mol. The highest BCUT2D eigenvalue weighted by atomic mass is 32.1. The summed E-state index contributed by atoms with van der Waals surface area (Å²) in [6, 6.07) is 11.5. The Morgan fingerprint density at radius 2 is 2.18 bits per heavy atom. The van der Waals surface area contributed by atoms with Crippen LogP contribution in [-0.4, -0.2) is 32.8 Å². The second-order valence-electron chi connectivity index (χ2n) is 6.65. The van der Waals surface area contributed by atoms with Crippen molar-refractivity contribution < 1.29 is 9.53 Å². The van der Waals surface area contributed by atoms with Gasteiger partial charge in [-0.25, -0.2) is 4.98 Å². The number of aromatic nitrogens is 4. The summed E-state index contributed by atoms with van der Waals surface area (Å²) in [6.45, 7) is 1.96. The summed E-state index contributed by atoms with van der Waals surface area (Å²) in [4.78, 5) is 21.6. The van der Waals surface area contributed by atoms with Crippen LogP contribution in [0.15, 0.2) is 42.6 Å². The molecule has 1 unspecified atom stereocenters. The first-order chi connectivity index (χ1) is 13.6. The van der Waals surface area contributed by atoms with Crippen LogP contribution in [0.4, 0.5) is 5.82 Å². The molecule has 1 aromatic carbocycles. The minimum atomic E-state index is -0.117. The standard InChI is InChI=1S/C20H17N5O2S/c1-11-18-13(14-5-3-4-8-21-14)10-17(26)23-19(18)25(24-11)20-22-15-7-6-12(27-2)9-16(15)28-20/h3-9,13H,10H2,1-2H3,(H,23,26). The average Bonchev–Trinajstić information content (AvgIpc) is 3.28. The molecule has 0 aliphatic carbocycles. The van der Waals surface area contributed by atoms with Crippen molar-refractivity contribution in [1.29, 1.82) is 0 Å². The molecule has 1 atom stereocenters. The molecule has 8 heteroatoms. The number of ether oxygens (including phenoxy) is 1. The maximum absolute atomic E-state index is 12.4. The highest BCUT2D eigenvalue weighted by Gasteiger charge is 2.33. The predicted octanol–water partition coefficient (Wildman–Crippen LogP) is 3.67. The number of fused-ring (bicyclic) bond motifs is 2. The fourth-order valence-corrected chi connectivity index (χ4v) is 4.58. The smallest absolute Gasteiger partial charge is 0.226 e. The van der Waals surface area contributed by atoms with Gasteiger partial charge in [0.15, 0.2) is 0 Å². The number of hydrogen-bond donors (Lipinski definition) is 1. The van der Waals surface area contributed by atoms with E-state index >= 15 is 0 Å². The number of amides is 1. The van der Waals surface area contributed by atoms with Gasteiger partial charge in [-0.15, -0.1) is 0 Å². The van der Waals surface area contributed by atoms with E-state index in [1.165, 1.54) is 11.3 Å². The lowest BCUT2D eigenvalue weighted by Crippen LogP contribution is -2.25. The van der Waals surface area contributed by atoms with E-state index in [4.69, 9.17) is 14.8 Å². The van der Waals surface area contributed by atoms with Gasteiger partial charge in [-0.2, -0.15) is 9.78 Å². The van der Waals surface area contributed by atoms with Crippen LogP contribution in [-0.2, 0) is 4.79 Å².